The Bertz CT molecular complexity index is 1180. The zero-order chi connectivity index (χ0) is 23.5. The number of rotatable bonds is 8. The molecule has 6 nitrogen and oxygen atoms in total. The Morgan fingerprint density at radius 1 is 0.971 bits per heavy atom. The van der Waals surface area contributed by atoms with Crippen LogP contribution >= 0.6 is 0 Å². The first-order valence-corrected chi connectivity index (χ1v) is 11.8. The number of para-hydroxylation sites is 1. The van der Waals surface area contributed by atoms with Crippen molar-refractivity contribution in [2.24, 2.45) is 5.10 Å². The lowest BCUT2D eigenvalue weighted by Gasteiger charge is -2.38. The molecular weight excluding hydrogens is 428 g/mol. The standard InChI is InChI=1S/C28H30N2O4/c1-4-5-16-33-21-13-10-19(11-14-21)28-30-24(22-8-6-7-9-25(22)34-28)18-23(29-30)20-12-15-26(31-2)27(17-20)32-3/h6-15,17,24,28H,4-5,16,18H2,1-3H3. The fraction of sp³-hybridized carbons (Fsp3) is 0.321. The predicted molar refractivity (Wildman–Crippen MR) is 132 cm³/mol. The Morgan fingerprint density at radius 3 is 2.53 bits per heavy atom. The Hall–Kier alpha value is -3.67. The molecule has 2 aliphatic heterocycles. The van der Waals surface area contributed by atoms with E-state index < -0.39 is 0 Å². The van der Waals surface area contributed by atoms with Gasteiger partial charge in [-0.05, 0) is 55.0 Å². The molecule has 0 fully saturated rings. The van der Waals surface area contributed by atoms with Crippen LogP contribution in [0.5, 0.6) is 23.0 Å². The second-order valence-electron chi connectivity index (χ2n) is 8.50. The van der Waals surface area contributed by atoms with Gasteiger partial charge in [-0.3, -0.25) is 0 Å². The molecule has 0 saturated heterocycles. The lowest BCUT2D eigenvalue weighted by Crippen LogP contribution is -2.33. The van der Waals surface area contributed by atoms with Crippen molar-refractivity contribution < 1.29 is 18.9 Å². The van der Waals surface area contributed by atoms with Gasteiger partial charge in [0.05, 0.1) is 32.6 Å². The van der Waals surface area contributed by atoms with Crippen LogP contribution in [0.2, 0.25) is 0 Å². The summed E-state index contributed by atoms with van der Waals surface area (Å²) in [6, 6.07) is 22.4. The van der Waals surface area contributed by atoms with Crippen molar-refractivity contribution in [3.05, 3.63) is 83.4 Å². The molecule has 5 rings (SSSR count). The Balaban J connectivity index is 1.47. The van der Waals surface area contributed by atoms with Crippen molar-refractivity contribution in [1.29, 1.82) is 0 Å². The zero-order valence-corrected chi connectivity index (χ0v) is 19.9. The minimum absolute atomic E-state index is 0.0959. The van der Waals surface area contributed by atoms with Crippen molar-refractivity contribution in [2.75, 3.05) is 20.8 Å². The molecule has 0 N–H and O–H groups in total. The number of hydrogen-bond donors (Lipinski definition) is 0. The summed E-state index contributed by atoms with van der Waals surface area (Å²) in [6.45, 7) is 2.89. The van der Waals surface area contributed by atoms with Crippen LogP contribution in [0.4, 0.5) is 0 Å². The number of benzene rings is 3. The van der Waals surface area contributed by atoms with E-state index in [1.807, 2.05) is 42.5 Å². The maximum Gasteiger partial charge on any atom is 0.213 e. The maximum absolute atomic E-state index is 6.47. The molecule has 0 saturated carbocycles. The summed E-state index contributed by atoms with van der Waals surface area (Å²) in [4.78, 5) is 0. The summed E-state index contributed by atoms with van der Waals surface area (Å²) >= 11 is 0. The smallest absolute Gasteiger partial charge is 0.213 e. The summed E-state index contributed by atoms with van der Waals surface area (Å²) in [5.41, 5.74) is 4.20. The van der Waals surface area contributed by atoms with E-state index in [-0.39, 0.29) is 12.3 Å². The molecule has 0 aliphatic carbocycles. The third kappa shape index (κ3) is 4.16. The fourth-order valence-corrected chi connectivity index (χ4v) is 4.51. The van der Waals surface area contributed by atoms with Gasteiger partial charge >= 0.3 is 0 Å². The van der Waals surface area contributed by atoms with E-state index in [0.717, 1.165) is 59.8 Å². The second kappa shape index (κ2) is 9.67. The highest BCUT2D eigenvalue weighted by Gasteiger charge is 2.40. The fourth-order valence-electron chi connectivity index (χ4n) is 4.51. The monoisotopic (exact) mass is 458 g/mol. The first-order valence-electron chi connectivity index (χ1n) is 11.8. The number of ether oxygens (including phenoxy) is 4. The van der Waals surface area contributed by atoms with Crippen molar-refractivity contribution in [2.45, 2.75) is 38.5 Å². The third-order valence-electron chi connectivity index (χ3n) is 6.35. The Kier molecular flexibility index (Phi) is 6.30. The maximum atomic E-state index is 6.47. The molecule has 0 spiro atoms. The van der Waals surface area contributed by atoms with Gasteiger partial charge in [0.1, 0.15) is 11.5 Å². The van der Waals surface area contributed by atoms with Gasteiger partial charge in [0, 0.05) is 23.1 Å². The molecule has 0 aromatic heterocycles. The Morgan fingerprint density at radius 2 is 1.76 bits per heavy atom. The van der Waals surface area contributed by atoms with E-state index in [4.69, 9.17) is 24.0 Å². The van der Waals surface area contributed by atoms with Crippen LogP contribution in [0, 0.1) is 0 Å². The van der Waals surface area contributed by atoms with E-state index in [0.29, 0.717) is 11.5 Å². The van der Waals surface area contributed by atoms with E-state index >= 15 is 0 Å². The molecule has 0 bridgehead atoms. The highest BCUT2D eigenvalue weighted by Crippen LogP contribution is 2.47. The molecule has 0 amide bonds. The van der Waals surface area contributed by atoms with Gasteiger partial charge < -0.3 is 18.9 Å². The van der Waals surface area contributed by atoms with Crippen LogP contribution in [0.15, 0.2) is 71.8 Å². The van der Waals surface area contributed by atoms with Crippen LogP contribution in [0.1, 0.15) is 55.1 Å². The number of unbranched alkanes of at least 4 members (excludes halogenated alkanes) is 1. The summed E-state index contributed by atoms with van der Waals surface area (Å²) in [7, 11) is 3.29. The quantitative estimate of drug-likeness (QED) is 0.380. The molecule has 34 heavy (non-hydrogen) atoms. The minimum Gasteiger partial charge on any atom is -0.494 e. The summed E-state index contributed by atoms with van der Waals surface area (Å²) < 4.78 is 23.2. The molecular formula is C28H30N2O4. The van der Waals surface area contributed by atoms with Gasteiger partial charge in [0.25, 0.3) is 0 Å². The molecule has 0 radical (unpaired) electrons. The van der Waals surface area contributed by atoms with Crippen molar-refractivity contribution in [3.8, 4) is 23.0 Å². The van der Waals surface area contributed by atoms with Crippen LogP contribution in [-0.4, -0.2) is 31.5 Å². The number of hydrazone groups is 1. The van der Waals surface area contributed by atoms with Gasteiger partial charge in [-0.2, -0.15) is 5.10 Å². The normalized spacial score (nSPS) is 18.4. The summed E-state index contributed by atoms with van der Waals surface area (Å²) in [5, 5.41) is 7.13. The highest BCUT2D eigenvalue weighted by molar-refractivity contribution is 6.02. The number of methoxy groups -OCH3 is 2. The third-order valence-corrected chi connectivity index (χ3v) is 6.35. The van der Waals surface area contributed by atoms with E-state index in [9.17, 15) is 0 Å². The van der Waals surface area contributed by atoms with Crippen molar-refractivity contribution in [3.63, 3.8) is 0 Å². The molecule has 2 aliphatic rings. The molecule has 6 heteroatoms. The largest absolute Gasteiger partial charge is 0.494 e. The predicted octanol–water partition coefficient (Wildman–Crippen LogP) is 6.13. The summed E-state index contributed by atoms with van der Waals surface area (Å²) in [5.74, 6) is 3.18. The molecule has 176 valence electrons. The van der Waals surface area contributed by atoms with Crippen LogP contribution in [-0.2, 0) is 0 Å². The average molecular weight is 459 g/mol. The minimum atomic E-state index is -0.317. The number of nitrogens with zero attached hydrogens (tertiary/aromatic N) is 2. The van der Waals surface area contributed by atoms with Crippen molar-refractivity contribution >= 4 is 5.71 Å². The topological polar surface area (TPSA) is 52.5 Å². The van der Waals surface area contributed by atoms with Crippen molar-refractivity contribution in [1.82, 2.24) is 5.01 Å². The second-order valence-corrected chi connectivity index (χ2v) is 8.50. The Labute approximate surface area is 200 Å². The lowest BCUT2D eigenvalue weighted by molar-refractivity contribution is -0.0190. The molecule has 2 unspecified atom stereocenters. The molecule has 3 aromatic carbocycles. The zero-order valence-electron chi connectivity index (χ0n) is 19.9. The first-order chi connectivity index (χ1) is 16.7. The first kappa shape index (κ1) is 22.1. The van der Waals surface area contributed by atoms with Gasteiger partial charge in [-0.15, -0.1) is 0 Å². The number of hydrogen-bond acceptors (Lipinski definition) is 6. The van der Waals surface area contributed by atoms with Gasteiger partial charge in [0.2, 0.25) is 6.23 Å². The SMILES string of the molecule is CCCCOc1ccc(C2Oc3ccccc3C3CC(c4ccc(OC)c(OC)c4)=NN32)cc1. The summed E-state index contributed by atoms with van der Waals surface area (Å²) in [6.07, 6.45) is 2.63. The van der Waals surface area contributed by atoms with E-state index in [2.05, 4.69) is 36.2 Å². The molecule has 2 heterocycles. The van der Waals surface area contributed by atoms with Crippen LogP contribution in [0.3, 0.4) is 0 Å². The molecule has 2 atom stereocenters. The number of fused-ring (bicyclic) bond motifs is 3. The van der Waals surface area contributed by atoms with Crippen LogP contribution < -0.4 is 18.9 Å². The van der Waals surface area contributed by atoms with Crippen LogP contribution in [0.25, 0.3) is 0 Å². The van der Waals surface area contributed by atoms with Gasteiger partial charge in [0.15, 0.2) is 11.5 Å². The van der Waals surface area contributed by atoms with E-state index in [1.54, 1.807) is 14.2 Å². The van der Waals surface area contributed by atoms with Gasteiger partial charge in [-0.1, -0.05) is 31.5 Å². The lowest BCUT2D eigenvalue weighted by atomic mass is 9.96. The average Bonchev–Trinajstić information content (AvgIpc) is 3.34. The highest BCUT2D eigenvalue weighted by atomic mass is 16.5. The molecule has 3 aromatic rings. The van der Waals surface area contributed by atoms with E-state index in [1.165, 1.54) is 0 Å². The van der Waals surface area contributed by atoms with Gasteiger partial charge in [-0.25, -0.2) is 5.01 Å².